The molecule has 0 bridgehead atoms. The van der Waals surface area contributed by atoms with E-state index in [9.17, 15) is 4.79 Å². The highest BCUT2D eigenvalue weighted by Crippen LogP contribution is 2.18. The van der Waals surface area contributed by atoms with Gasteiger partial charge < -0.3 is 14.5 Å². The maximum Gasteiger partial charge on any atom is 0.273 e. The molecule has 0 unspecified atom stereocenters. The molecule has 124 valence electrons. The van der Waals surface area contributed by atoms with Crippen LogP contribution in [0.25, 0.3) is 5.69 Å². The number of aryl methyl sites for hydroxylation is 1. The Kier molecular flexibility index (Phi) is 4.20. The summed E-state index contributed by atoms with van der Waals surface area (Å²) < 4.78 is 3.87. The third kappa shape index (κ3) is 2.95. The highest BCUT2D eigenvalue weighted by molar-refractivity contribution is 6.03. The second-order valence-electron chi connectivity index (χ2n) is 6.07. The summed E-state index contributed by atoms with van der Waals surface area (Å²) in [6.07, 6.45) is 5.06. The summed E-state index contributed by atoms with van der Waals surface area (Å²) in [6, 6.07) is 7.88. The van der Waals surface area contributed by atoms with Crippen molar-refractivity contribution >= 4 is 11.6 Å². The largest absolute Gasteiger partial charge is 0.324 e. The molecular formula is C18H21N5O. The van der Waals surface area contributed by atoms with Gasteiger partial charge in [-0.25, -0.2) is 9.97 Å². The van der Waals surface area contributed by atoms with Crippen molar-refractivity contribution in [3.63, 3.8) is 0 Å². The molecular weight excluding hydrogens is 302 g/mol. The molecule has 0 fully saturated rings. The van der Waals surface area contributed by atoms with Crippen molar-refractivity contribution in [2.24, 2.45) is 0 Å². The Labute approximate surface area is 141 Å². The number of aromatic nitrogens is 4. The molecule has 0 saturated carbocycles. The van der Waals surface area contributed by atoms with E-state index >= 15 is 0 Å². The molecule has 3 rings (SSSR count). The van der Waals surface area contributed by atoms with Crippen molar-refractivity contribution in [3.8, 4) is 5.69 Å². The fourth-order valence-corrected chi connectivity index (χ4v) is 2.55. The fraction of sp³-hybridized carbons (Fsp3) is 0.278. The lowest BCUT2D eigenvalue weighted by Gasteiger charge is -2.12. The van der Waals surface area contributed by atoms with Crippen LogP contribution in [0.4, 0.5) is 5.69 Å². The summed E-state index contributed by atoms with van der Waals surface area (Å²) in [5, 5.41) is 2.91. The number of carbonyl (C=O) groups excluding carboxylic acids is 1. The number of nitrogens with one attached hydrogen (secondary N) is 1. The molecule has 0 aliphatic heterocycles. The maximum atomic E-state index is 12.4. The van der Waals surface area contributed by atoms with E-state index in [1.54, 1.807) is 18.9 Å². The molecule has 0 spiro atoms. The molecule has 1 N–H and O–H groups in total. The Balaban J connectivity index is 1.78. The Morgan fingerprint density at radius 2 is 1.83 bits per heavy atom. The van der Waals surface area contributed by atoms with E-state index in [0.717, 1.165) is 22.8 Å². The zero-order valence-electron chi connectivity index (χ0n) is 14.3. The van der Waals surface area contributed by atoms with E-state index < -0.39 is 0 Å². The average Bonchev–Trinajstić information content (AvgIpc) is 3.17. The topological polar surface area (TPSA) is 64.7 Å². The van der Waals surface area contributed by atoms with Gasteiger partial charge in [0.05, 0.1) is 24.5 Å². The first kappa shape index (κ1) is 16.0. The Bertz CT molecular complexity index is 858. The van der Waals surface area contributed by atoms with Crippen LogP contribution in [0.5, 0.6) is 0 Å². The summed E-state index contributed by atoms with van der Waals surface area (Å²) >= 11 is 0. The summed E-state index contributed by atoms with van der Waals surface area (Å²) in [5.41, 5.74) is 4.42. The van der Waals surface area contributed by atoms with E-state index in [1.165, 1.54) is 0 Å². The molecule has 6 heteroatoms. The minimum absolute atomic E-state index is 0.163. The molecule has 24 heavy (non-hydrogen) atoms. The first-order chi connectivity index (χ1) is 11.5. The van der Waals surface area contributed by atoms with E-state index in [1.807, 2.05) is 61.1 Å². The standard InChI is InChI=1S/C18H21N5O/c1-12(2)22-10-19-9-17(22)18(24)21-15-5-7-16(8-6-15)23-11-20-13(3)14(23)4/h5-12H,1-4H3,(H,21,24). The lowest BCUT2D eigenvalue weighted by molar-refractivity contribution is 0.101. The maximum absolute atomic E-state index is 12.4. The first-order valence-electron chi connectivity index (χ1n) is 7.91. The van der Waals surface area contributed by atoms with Crippen LogP contribution in [-0.4, -0.2) is 25.0 Å². The molecule has 3 aromatic rings. The highest BCUT2D eigenvalue weighted by Gasteiger charge is 2.14. The molecule has 1 amide bonds. The number of rotatable bonds is 4. The van der Waals surface area contributed by atoms with Crippen LogP contribution in [0, 0.1) is 13.8 Å². The SMILES string of the molecule is Cc1ncn(-c2ccc(NC(=O)c3cncn3C(C)C)cc2)c1C. The second-order valence-corrected chi connectivity index (χ2v) is 6.07. The number of benzene rings is 1. The van der Waals surface area contributed by atoms with Crippen LogP contribution in [0.3, 0.4) is 0 Å². The van der Waals surface area contributed by atoms with Crippen molar-refractivity contribution in [2.45, 2.75) is 33.7 Å². The van der Waals surface area contributed by atoms with Crippen molar-refractivity contribution < 1.29 is 4.79 Å². The number of nitrogens with zero attached hydrogens (tertiary/aromatic N) is 4. The minimum Gasteiger partial charge on any atom is -0.324 e. The van der Waals surface area contributed by atoms with E-state index in [4.69, 9.17) is 0 Å². The van der Waals surface area contributed by atoms with E-state index in [0.29, 0.717) is 5.69 Å². The van der Waals surface area contributed by atoms with Crippen LogP contribution in [-0.2, 0) is 0 Å². The van der Waals surface area contributed by atoms with Crippen LogP contribution >= 0.6 is 0 Å². The van der Waals surface area contributed by atoms with Gasteiger partial charge in [-0.2, -0.15) is 0 Å². The number of hydrogen-bond acceptors (Lipinski definition) is 3. The van der Waals surface area contributed by atoms with Crippen LogP contribution in [0.2, 0.25) is 0 Å². The summed E-state index contributed by atoms with van der Waals surface area (Å²) in [4.78, 5) is 20.8. The lowest BCUT2D eigenvalue weighted by Crippen LogP contribution is -2.17. The number of carbonyl (C=O) groups is 1. The zero-order chi connectivity index (χ0) is 17.3. The van der Waals surface area contributed by atoms with Crippen LogP contribution < -0.4 is 5.32 Å². The molecule has 0 aliphatic rings. The van der Waals surface area contributed by atoms with Gasteiger partial charge in [0.25, 0.3) is 5.91 Å². The normalized spacial score (nSPS) is 11.0. The van der Waals surface area contributed by atoms with Crippen LogP contribution in [0.1, 0.15) is 41.8 Å². The van der Waals surface area contributed by atoms with Crippen LogP contribution in [0.15, 0.2) is 43.1 Å². The summed E-state index contributed by atoms with van der Waals surface area (Å²) in [5.74, 6) is -0.163. The molecule has 0 atom stereocenters. The lowest BCUT2D eigenvalue weighted by atomic mass is 10.2. The van der Waals surface area contributed by atoms with Crippen molar-refractivity contribution in [3.05, 3.63) is 60.2 Å². The van der Waals surface area contributed by atoms with Gasteiger partial charge in [-0.05, 0) is 52.0 Å². The zero-order valence-corrected chi connectivity index (χ0v) is 14.3. The molecule has 6 nitrogen and oxygen atoms in total. The quantitative estimate of drug-likeness (QED) is 0.799. The van der Waals surface area contributed by atoms with Gasteiger partial charge in [0.1, 0.15) is 5.69 Å². The van der Waals surface area contributed by atoms with Crippen molar-refractivity contribution in [1.82, 2.24) is 19.1 Å². The fourth-order valence-electron chi connectivity index (χ4n) is 2.55. The third-order valence-corrected chi connectivity index (χ3v) is 4.11. The second kappa shape index (κ2) is 6.31. The Hall–Kier alpha value is -2.89. The average molecular weight is 323 g/mol. The van der Waals surface area contributed by atoms with Gasteiger partial charge in [0.15, 0.2) is 0 Å². The summed E-state index contributed by atoms with van der Waals surface area (Å²) in [6.45, 7) is 8.05. The molecule has 0 saturated heterocycles. The predicted octanol–water partition coefficient (Wildman–Crippen LogP) is 3.52. The smallest absolute Gasteiger partial charge is 0.273 e. The molecule has 0 aliphatic carbocycles. The first-order valence-corrected chi connectivity index (χ1v) is 7.91. The van der Waals surface area contributed by atoms with Crippen molar-refractivity contribution in [1.29, 1.82) is 0 Å². The van der Waals surface area contributed by atoms with Gasteiger partial charge in [0, 0.05) is 23.1 Å². The van der Waals surface area contributed by atoms with Gasteiger partial charge in [-0.3, -0.25) is 4.79 Å². The molecule has 2 aromatic heterocycles. The van der Waals surface area contributed by atoms with E-state index in [2.05, 4.69) is 15.3 Å². The number of hydrogen-bond donors (Lipinski definition) is 1. The number of anilines is 1. The number of amides is 1. The third-order valence-electron chi connectivity index (χ3n) is 4.11. The predicted molar refractivity (Wildman–Crippen MR) is 93.6 cm³/mol. The summed E-state index contributed by atoms with van der Waals surface area (Å²) in [7, 11) is 0. The Morgan fingerprint density at radius 3 is 2.42 bits per heavy atom. The molecule has 0 radical (unpaired) electrons. The minimum atomic E-state index is -0.163. The molecule has 1 aromatic carbocycles. The van der Waals surface area contributed by atoms with Gasteiger partial charge >= 0.3 is 0 Å². The van der Waals surface area contributed by atoms with Gasteiger partial charge in [0.2, 0.25) is 0 Å². The monoisotopic (exact) mass is 323 g/mol. The van der Waals surface area contributed by atoms with Gasteiger partial charge in [-0.1, -0.05) is 0 Å². The van der Waals surface area contributed by atoms with Gasteiger partial charge in [-0.15, -0.1) is 0 Å². The van der Waals surface area contributed by atoms with Crippen molar-refractivity contribution in [2.75, 3.05) is 5.32 Å². The van der Waals surface area contributed by atoms with E-state index in [-0.39, 0.29) is 11.9 Å². The highest BCUT2D eigenvalue weighted by atomic mass is 16.2. The Morgan fingerprint density at radius 1 is 1.12 bits per heavy atom. The number of imidazole rings is 2. The molecule has 2 heterocycles.